The van der Waals surface area contributed by atoms with Crippen molar-refractivity contribution in [2.75, 3.05) is 0 Å². The second-order valence-corrected chi connectivity index (χ2v) is 16.4. The molecule has 0 N–H and O–H groups in total. The Bertz CT molecular complexity index is 3160. The van der Waals surface area contributed by atoms with Crippen LogP contribution in [-0.4, -0.2) is 9.85 Å². The lowest BCUT2D eigenvalue weighted by atomic mass is 10.1. The average molecular weight is 1230 g/mol. The average Bonchev–Trinajstić information content (AvgIpc) is 3.41. The summed E-state index contributed by atoms with van der Waals surface area (Å²) in [6, 6.07) is 5.15. The second kappa shape index (κ2) is 30.1. The molecule has 0 heterocycles. The molecule has 7 rings (SSSR count). The molecule has 446 valence electrons. The lowest BCUT2D eigenvalue weighted by Gasteiger charge is -2.04. The van der Waals surface area contributed by atoms with Crippen molar-refractivity contribution in [2.24, 2.45) is 0 Å². The van der Waals surface area contributed by atoms with Crippen LogP contribution in [0.2, 0.25) is 5.02 Å². The highest BCUT2D eigenvalue weighted by Crippen LogP contribution is 2.31. The SMILES string of the molecule is Cc1c(F)c(C)c([N+](=O)[O-])c(F)c1F.Cc1c(F)c(F)c(C)c(F)c1F.Cc1c(F)c(F)c(F)c(F)c1[N+](=O)[O-].Cc1c(F)c(F)cc(F)c1F.Cc1cc(F)c(F)c(F)c1.Cc1cc(F)c(F)c(F)c1F.Cc1ccc(F)c(Cl)c1F. The van der Waals surface area contributed by atoms with E-state index in [0.29, 0.717) is 17.2 Å². The lowest BCUT2D eigenvalue weighted by molar-refractivity contribution is -0.388. The van der Waals surface area contributed by atoms with Gasteiger partial charge in [0, 0.05) is 28.3 Å². The van der Waals surface area contributed by atoms with Crippen LogP contribution in [-0.2, 0) is 0 Å². The lowest BCUT2D eigenvalue weighted by Crippen LogP contribution is -2.05. The van der Waals surface area contributed by atoms with Crippen LogP contribution >= 0.6 is 11.6 Å². The molecule has 0 radical (unpaired) electrons. The van der Waals surface area contributed by atoms with Gasteiger partial charge in [-0.25, -0.2) is 96.6 Å². The van der Waals surface area contributed by atoms with Crippen LogP contribution in [0.5, 0.6) is 0 Å². The van der Waals surface area contributed by atoms with Crippen LogP contribution in [0.15, 0.2) is 36.4 Å². The molecule has 0 saturated carbocycles. The minimum absolute atomic E-state index is 0.178. The molecular weight excluding hydrogens is 1200 g/mol. The summed E-state index contributed by atoms with van der Waals surface area (Å²) in [5.41, 5.74) is -5.87. The number of benzene rings is 7. The molecule has 82 heavy (non-hydrogen) atoms. The fourth-order valence-corrected chi connectivity index (χ4v) is 5.83. The van der Waals surface area contributed by atoms with Gasteiger partial charge in [-0.3, -0.25) is 20.2 Å². The zero-order valence-electron chi connectivity index (χ0n) is 42.4. The maximum atomic E-state index is 13.1. The highest BCUT2D eigenvalue weighted by atomic mass is 35.5. The Morgan fingerprint density at radius 2 is 0.573 bits per heavy atom. The molecule has 0 spiro atoms. The van der Waals surface area contributed by atoms with Crippen LogP contribution in [0.25, 0.3) is 0 Å². The van der Waals surface area contributed by atoms with E-state index in [-0.39, 0.29) is 11.6 Å². The highest BCUT2D eigenvalue weighted by Gasteiger charge is 2.31. The molecule has 0 saturated heterocycles. The van der Waals surface area contributed by atoms with E-state index in [2.05, 4.69) is 0 Å². The smallest absolute Gasteiger partial charge is 0.258 e. The molecular formula is C51H33ClF24N2O4. The molecule has 31 heteroatoms. The maximum absolute atomic E-state index is 13.1. The van der Waals surface area contributed by atoms with Gasteiger partial charge < -0.3 is 0 Å². The third-order valence-corrected chi connectivity index (χ3v) is 10.6. The van der Waals surface area contributed by atoms with Gasteiger partial charge >= 0.3 is 11.4 Å². The minimum atomic E-state index is -2.18. The number of rotatable bonds is 2. The van der Waals surface area contributed by atoms with Crippen LogP contribution in [0, 0.1) is 222 Å². The molecule has 0 unspecified atom stereocenters. The van der Waals surface area contributed by atoms with E-state index in [9.17, 15) is 126 Å². The van der Waals surface area contributed by atoms with Crippen molar-refractivity contribution in [3.63, 3.8) is 0 Å². The number of aryl methyl sites for hydroxylation is 3. The van der Waals surface area contributed by atoms with Gasteiger partial charge in [-0.1, -0.05) is 17.7 Å². The second-order valence-electron chi connectivity index (χ2n) is 16.0. The molecule has 7 aromatic rings. The third-order valence-electron chi connectivity index (χ3n) is 10.3. The summed E-state index contributed by atoms with van der Waals surface area (Å²) in [5, 5.41) is 20.0. The summed E-state index contributed by atoms with van der Waals surface area (Å²) in [6.07, 6.45) is 0. The Labute approximate surface area is 451 Å². The summed E-state index contributed by atoms with van der Waals surface area (Å²) in [6.45, 7) is 9.95. The van der Waals surface area contributed by atoms with Crippen LogP contribution < -0.4 is 0 Å². The standard InChI is InChI=1S/C8H6F4.C8H6F3NO2.C7H5ClF2.C7H3F4NO2.2C7H4F4.C7H5F3/c1-3-5(9)7(11)4(2)8(12)6(3)10;1-3-5(9)4(2)8(12(13)14)7(11)6(3)10;1-4-2-3-5(9)6(8)7(4)10;1-2-3(8)4(9)5(10)6(11)7(2)12(13)14;1-3-6(10)4(8)2-5(9)7(3)11;1-3-2-4(8)6(10)7(11)5(3)9;1-4-2-5(8)7(10)6(9)3-4/h1-2H3;1-2H3;2-3H,1H3;1H3;2*2H,1H3;2-3H,1H3. The Morgan fingerprint density at radius 3 is 0.963 bits per heavy atom. The first-order valence-electron chi connectivity index (χ1n) is 21.4. The summed E-state index contributed by atoms with van der Waals surface area (Å²) in [4.78, 5) is 18.0. The molecule has 0 aromatic heterocycles. The van der Waals surface area contributed by atoms with Crippen molar-refractivity contribution in [1.29, 1.82) is 0 Å². The van der Waals surface area contributed by atoms with E-state index < -0.39 is 199 Å². The van der Waals surface area contributed by atoms with E-state index in [0.717, 1.165) is 66.7 Å². The van der Waals surface area contributed by atoms with E-state index in [1.54, 1.807) is 0 Å². The molecule has 6 nitrogen and oxygen atoms in total. The summed E-state index contributed by atoms with van der Waals surface area (Å²) in [5.74, 6) is -34.3. The quantitative estimate of drug-likeness (QED) is 0.0567. The first-order valence-corrected chi connectivity index (χ1v) is 21.8. The van der Waals surface area contributed by atoms with E-state index in [1.165, 1.54) is 19.9 Å². The number of halogens is 25. The first-order chi connectivity index (χ1) is 37.5. The molecule has 0 amide bonds. The number of hydrogen-bond donors (Lipinski definition) is 0. The summed E-state index contributed by atoms with van der Waals surface area (Å²) >= 11 is 5.23. The van der Waals surface area contributed by atoms with E-state index >= 15 is 0 Å². The summed E-state index contributed by atoms with van der Waals surface area (Å²) < 4.78 is 300. The van der Waals surface area contributed by atoms with Crippen molar-refractivity contribution in [1.82, 2.24) is 0 Å². The number of hydrogen-bond acceptors (Lipinski definition) is 4. The monoisotopic (exact) mass is 1230 g/mol. The van der Waals surface area contributed by atoms with Gasteiger partial charge in [0.15, 0.2) is 105 Å². The molecule has 0 aliphatic heterocycles. The van der Waals surface area contributed by atoms with Gasteiger partial charge in [-0.05, 0) is 103 Å². The molecule has 0 aliphatic carbocycles. The van der Waals surface area contributed by atoms with E-state index in [1.807, 2.05) is 0 Å². The highest BCUT2D eigenvalue weighted by molar-refractivity contribution is 6.30. The van der Waals surface area contributed by atoms with Crippen molar-refractivity contribution >= 4 is 23.0 Å². The van der Waals surface area contributed by atoms with Crippen LogP contribution in [0.3, 0.4) is 0 Å². The van der Waals surface area contributed by atoms with Crippen LogP contribution in [0.4, 0.5) is 117 Å². The van der Waals surface area contributed by atoms with Gasteiger partial charge in [0.2, 0.25) is 17.5 Å². The van der Waals surface area contributed by atoms with Gasteiger partial charge in [-0.15, -0.1) is 0 Å². The number of nitrogens with zero attached hydrogens (tertiary/aromatic N) is 2. The van der Waals surface area contributed by atoms with Gasteiger partial charge in [0.1, 0.15) is 22.5 Å². The minimum Gasteiger partial charge on any atom is -0.258 e. The fraction of sp³-hybridized carbons (Fsp3) is 0.176. The summed E-state index contributed by atoms with van der Waals surface area (Å²) in [7, 11) is 0. The predicted octanol–water partition coefficient (Wildman–Crippen LogP) is 18.4. The Balaban J connectivity index is 0.000000480. The Kier molecular flexibility index (Phi) is 26.4. The zero-order chi connectivity index (χ0) is 64.2. The number of nitro benzene ring substituents is 2. The molecule has 0 fully saturated rings. The van der Waals surface area contributed by atoms with Gasteiger partial charge in [0.05, 0.1) is 21.0 Å². The zero-order valence-corrected chi connectivity index (χ0v) is 43.2. The van der Waals surface area contributed by atoms with Crippen molar-refractivity contribution in [2.45, 2.75) is 62.3 Å². The normalized spacial score (nSPS) is 10.3. The molecule has 0 atom stereocenters. The topological polar surface area (TPSA) is 86.3 Å². The van der Waals surface area contributed by atoms with E-state index in [4.69, 9.17) is 11.6 Å². The van der Waals surface area contributed by atoms with Crippen LogP contribution in [0.1, 0.15) is 50.1 Å². The largest absolute Gasteiger partial charge is 0.313 e. The van der Waals surface area contributed by atoms with Gasteiger partial charge in [0.25, 0.3) is 0 Å². The van der Waals surface area contributed by atoms with Crippen molar-refractivity contribution in [3.8, 4) is 0 Å². The fourth-order valence-electron chi connectivity index (χ4n) is 5.62. The van der Waals surface area contributed by atoms with Crippen molar-refractivity contribution in [3.05, 3.63) is 251 Å². The third kappa shape index (κ3) is 17.2. The molecule has 0 aliphatic rings. The first kappa shape index (κ1) is 72.0. The Morgan fingerprint density at radius 1 is 0.280 bits per heavy atom. The predicted molar refractivity (Wildman–Crippen MR) is 245 cm³/mol. The maximum Gasteiger partial charge on any atom is 0.313 e. The Hall–Kier alpha value is -8.05. The van der Waals surface area contributed by atoms with Gasteiger partial charge in [-0.2, -0.15) is 8.78 Å². The number of nitro groups is 2. The molecule has 7 aromatic carbocycles. The van der Waals surface area contributed by atoms with Crippen molar-refractivity contribution < 1.29 is 115 Å². The molecule has 0 bridgehead atoms.